The minimum Gasteiger partial charge on any atom is -0.368 e. The molecule has 5 heteroatoms. The number of nitrogens with zero attached hydrogens (tertiary/aromatic N) is 1. The van der Waals surface area contributed by atoms with Crippen molar-refractivity contribution in [1.29, 1.82) is 0 Å². The lowest BCUT2D eigenvalue weighted by Crippen LogP contribution is -2.58. The van der Waals surface area contributed by atoms with Gasteiger partial charge in [-0.15, -0.1) is 0 Å². The number of carbonyl (C=O) groups excluding carboxylic acids is 2. The molecule has 1 atom stereocenters. The first kappa shape index (κ1) is 9.98. The highest BCUT2D eigenvalue weighted by Gasteiger charge is 2.35. The molecule has 0 aromatic heterocycles. The Balaban J connectivity index is 2.35. The average Bonchev–Trinajstić information content (AvgIpc) is 1.97. The van der Waals surface area contributed by atoms with Gasteiger partial charge in [0, 0.05) is 6.54 Å². The van der Waals surface area contributed by atoms with Crippen LogP contribution in [0.5, 0.6) is 0 Å². The molecule has 13 heavy (non-hydrogen) atoms. The molecule has 0 saturated carbocycles. The summed E-state index contributed by atoms with van der Waals surface area (Å²) in [6.45, 7) is 3.62. The molecule has 2 amide bonds. The van der Waals surface area contributed by atoms with E-state index < -0.39 is 5.91 Å². The molecule has 5 nitrogen and oxygen atoms in total. The minimum atomic E-state index is -0.406. The second-order valence-electron chi connectivity index (χ2n) is 3.07. The molecule has 0 radical (unpaired) electrons. The normalized spacial score (nSPS) is 21.0. The highest BCUT2D eigenvalue weighted by molar-refractivity contribution is 5.89. The summed E-state index contributed by atoms with van der Waals surface area (Å²) in [6.07, 6.45) is 0.702. The number of nitrogens with one attached hydrogen (secondary N) is 1. The number of hydrogen-bond donors (Lipinski definition) is 2. The second-order valence-corrected chi connectivity index (χ2v) is 3.07. The molecule has 0 aromatic rings. The molecule has 1 saturated heterocycles. The number of primary amides is 1. The van der Waals surface area contributed by atoms with Crippen LogP contribution in [0.25, 0.3) is 0 Å². The van der Waals surface area contributed by atoms with Crippen LogP contribution < -0.4 is 11.1 Å². The molecule has 0 bridgehead atoms. The van der Waals surface area contributed by atoms with E-state index in [-0.39, 0.29) is 11.9 Å². The van der Waals surface area contributed by atoms with Crippen molar-refractivity contribution in [3.8, 4) is 0 Å². The zero-order valence-electron chi connectivity index (χ0n) is 7.75. The molecule has 0 spiro atoms. The van der Waals surface area contributed by atoms with Gasteiger partial charge in [-0.1, -0.05) is 6.92 Å². The monoisotopic (exact) mass is 185 g/mol. The molecular weight excluding hydrogens is 170 g/mol. The van der Waals surface area contributed by atoms with Gasteiger partial charge in [0.05, 0.1) is 6.54 Å². The van der Waals surface area contributed by atoms with Crippen LogP contribution in [0, 0.1) is 0 Å². The smallest absolute Gasteiger partial charge is 0.240 e. The first-order valence-electron chi connectivity index (χ1n) is 4.46. The Bertz CT molecular complexity index is 217. The van der Waals surface area contributed by atoms with Gasteiger partial charge in [-0.05, 0) is 13.0 Å². The Morgan fingerprint density at radius 1 is 1.62 bits per heavy atom. The quantitative estimate of drug-likeness (QED) is 0.570. The van der Waals surface area contributed by atoms with Crippen LogP contribution in [0.4, 0.5) is 0 Å². The molecule has 1 rings (SSSR count). The maximum Gasteiger partial charge on any atom is 0.240 e. The standard InChI is InChI=1S/C8H15N3O2/c1-2-10-5-7(12)11-4-3-6(11)8(9)13/h6,10H,2-5H2,1H3,(H2,9,13). The fraction of sp³-hybridized carbons (Fsp3) is 0.750. The van der Waals surface area contributed by atoms with Crippen LogP contribution in [0.1, 0.15) is 13.3 Å². The molecular formula is C8H15N3O2. The van der Waals surface area contributed by atoms with Gasteiger partial charge in [-0.3, -0.25) is 9.59 Å². The van der Waals surface area contributed by atoms with E-state index in [9.17, 15) is 9.59 Å². The minimum absolute atomic E-state index is 0.0445. The van der Waals surface area contributed by atoms with Gasteiger partial charge in [0.25, 0.3) is 0 Å². The second kappa shape index (κ2) is 4.23. The lowest BCUT2D eigenvalue weighted by Gasteiger charge is -2.38. The van der Waals surface area contributed by atoms with Gasteiger partial charge in [0.15, 0.2) is 0 Å². The molecule has 1 heterocycles. The summed E-state index contributed by atoms with van der Waals surface area (Å²) in [6, 6.07) is -0.369. The Morgan fingerprint density at radius 3 is 2.69 bits per heavy atom. The number of nitrogens with two attached hydrogens (primary N) is 1. The van der Waals surface area contributed by atoms with Gasteiger partial charge in [-0.25, -0.2) is 0 Å². The number of carbonyl (C=O) groups is 2. The van der Waals surface area contributed by atoms with Crippen LogP contribution in [0.2, 0.25) is 0 Å². The van der Waals surface area contributed by atoms with E-state index in [1.165, 1.54) is 4.90 Å². The van der Waals surface area contributed by atoms with Gasteiger partial charge in [0.1, 0.15) is 6.04 Å². The van der Waals surface area contributed by atoms with Gasteiger partial charge >= 0.3 is 0 Å². The van der Waals surface area contributed by atoms with Crippen LogP contribution >= 0.6 is 0 Å². The summed E-state index contributed by atoms with van der Waals surface area (Å²) in [4.78, 5) is 23.7. The molecule has 0 aliphatic carbocycles. The molecule has 1 unspecified atom stereocenters. The third-order valence-corrected chi connectivity index (χ3v) is 2.19. The number of likely N-dealkylation sites (N-methyl/N-ethyl adjacent to an activating group) is 1. The molecule has 3 N–H and O–H groups in total. The van der Waals surface area contributed by atoms with Crippen molar-refractivity contribution < 1.29 is 9.59 Å². The average molecular weight is 185 g/mol. The van der Waals surface area contributed by atoms with E-state index in [1.807, 2.05) is 6.92 Å². The van der Waals surface area contributed by atoms with E-state index in [0.29, 0.717) is 19.5 Å². The third kappa shape index (κ3) is 2.18. The Morgan fingerprint density at radius 2 is 2.31 bits per heavy atom. The predicted octanol–water partition coefficient (Wildman–Crippen LogP) is -1.32. The van der Waals surface area contributed by atoms with Crippen molar-refractivity contribution in [2.45, 2.75) is 19.4 Å². The van der Waals surface area contributed by atoms with Crippen molar-refractivity contribution in [3.63, 3.8) is 0 Å². The first-order chi connectivity index (χ1) is 6.16. The van der Waals surface area contributed by atoms with Crippen LogP contribution in [-0.2, 0) is 9.59 Å². The lowest BCUT2D eigenvalue weighted by atomic mass is 10.0. The Hall–Kier alpha value is -1.10. The number of likely N-dealkylation sites (tertiary alicyclic amines) is 1. The topological polar surface area (TPSA) is 75.4 Å². The van der Waals surface area contributed by atoms with Crippen LogP contribution in [0.15, 0.2) is 0 Å². The van der Waals surface area contributed by atoms with Crippen LogP contribution in [-0.4, -0.2) is 42.4 Å². The van der Waals surface area contributed by atoms with Crippen molar-refractivity contribution >= 4 is 11.8 Å². The van der Waals surface area contributed by atoms with E-state index >= 15 is 0 Å². The van der Waals surface area contributed by atoms with Crippen molar-refractivity contribution in [2.75, 3.05) is 19.6 Å². The molecule has 1 aliphatic rings. The zero-order chi connectivity index (χ0) is 9.84. The number of hydrogen-bond acceptors (Lipinski definition) is 3. The van der Waals surface area contributed by atoms with Crippen molar-refractivity contribution in [2.24, 2.45) is 5.73 Å². The van der Waals surface area contributed by atoms with E-state index in [2.05, 4.69) is 5.32 Å². The Labute approximate surface area is 77.3 Å². The first-order valence-corrected chi connectivity index (χ1v) is 4.46. The number of amides is 2. The largest absolute Gasteiger partial charge is 0.368 e. The fourth-order valence-corrected chi connectivity index (χ4v) is 1.32. The van der Waals surface area contributed by atoms with Crippen molar-refractivity contribution in [3.05, 3.63) is 0 Å². The maximum atomic E-state index is 11.4. The summed E-state index contributed by atoms with van der Waals surface area (Å²) < 4.78 is 0. The number of rotatable bonds is 4. The van der Waals surface area contributed by atoms with E-state index in [1.54, 1.807) is 0 Å². The summed E-state index contributed by atoms with van der Waals surface area (Å²) in [5.41, 5.74) is 5.10. The van der Waals surface area contributed by atoms with E-state index in [4.69, 9.17) is 5.73 Å². The summed E-state index contributed by atoms with van der Waals surface area (Å²) in [5.74, 6) is -0.451. The highest BCUT2D eigenvalue weighted by Crippen LogP contribution is 2.16. The fourth-order valence-electron chi connectivity index (χ4n) is 1.32. The molecule has 1 fully saturated rings. The van der Waals surface area contributed by atoms with Crippen LogP contribution in [0.3, 0.4) is 0 Å². The van der Waals surface area contributed by atoms with Gasteiger partial charge in [0.2, 0.25) is 11.8 Å². The highest BCUT2D eigenvalue weighted by atomic mass is 16.2. The van der Waals surface area contributed by atoms with E-state index in [0.717, 1.165) is 6.54 Å². The molecule has 74 valence electrons. The zero-order valence-corrected chi connectivity index (χ0v) is 7.75. The lowest BCUT2D eigenvalue weighted by molar-refractivity contribution is -0.145. The van der Waals surface area contributed by atoms with Gasteiger partial charge < -0.3 is 16.0 Å². The third-order valence-electron chi connectivity index (χ3n) is 2.19. The van der Waals surface area contributed by atoms with Gasteiger partial charge in [-0.2, -0.15) is 0 Å². The summed E-state index contributed by atoms with van der Waals surface area (Å²) in [5, 5.41) is 2.91. The SMILES string of the molecule is CCNCC(=O)N1CCC1C(N)=O. The summed E-state index contributed by atoms with van der Waals surface area (Å²) in [7, 11) is 0. The molecule has 1 aliphatic heterocycles. The maximum absolute atomic E-state index is 11.4. The van der Waals surface area contributed by atoms with Crippen molar-refractivity contribution in [1.82, 2.24) is 10.2 Å². The summed E-state index contributed by atoms with van der Waals surface area (Å²) >= 11 is 0. The molecule has 0 aromatic carbocycles. The predicted molar refractivity (Wildman–Crippen MR) is 47.9 cm³/mol. The Kier molecular flexibility index (Phi) is 3.25.